The van der Waals surface area contributed by atoms with Crippen molar-refractivity contribution in [2.45, 2.75) is 32.1 Å². The molecule has 0 heterocycles. The molecule has 0 fully saturated rings. The van der Waals surface area contributed by atoms with E-state index in [0.717, 1.165) is 35.1 Å². The highest BCUT2D eigenvalue weighted by Gasteiger charge is 2.54. The van der Waals surface area contributed by atoms with Crippen LogP contribution in [0.15, 0.2) is 48.5 Å². The number of carbonyl (C=O) groups is 2. The van der Waals surface area contributed by atoms with Gasteiger partial charge in [0.2, 0.25) is 11.8 Å². The summed E-state index contributed by atoms with van der Waals surface area (Å²) in [6, 6.07) is 15.4. The molecule has 0 spiro atoms. The largest absolute Gasteiger partial charge is 0.355 e. The number of rotatable bonds is 6. The minimum Gasteiger partial charge on any atom is -0.355 e. The van der Waals surface area contributed by atoms with Crippen LogP contribution in [0.5, 0.6) is 0 Å². The van der Waals surface area contributed by atoms with Gasteiger partial charge in [-0.25, -0.2) is 0 Å². The lowest BCUT2D eigenvalue weighted by molar-refractivity contribution is -0.135. The van der Waals surface area contributed by atoms with Crippen molar-refractivity contribution in [1.82, 2.24) is 10.6 Å². The second kappa shape index (κ2) is 7.09. The summed E-state index contributed by atoms with van der Waals surface area (Å²) in [5.74, 6) is -0.499. The van der Waals surface area contributed by atoms with Gasteiger partial charge in [0.15, 0.2) is 5.41 Å². The van der Waals surface area contributed by atoms with Gasteiger partial charge in [-0.15, -0.1) is 0 Å². The Balaban J connectivity index is 2.23. The molecule has 3 rings (SSSR count). The number of hydrogen-bond acceptors (Lipinski definition) is 2. The highest BCUT2D eigenvalue weighted by Crippen LogP contribution is 2.49. The molecule has 0 bridgehead atoms. The van der Waals surface area contributed by atoms with E-state index in [2.05, 4.69) is 10.6 Å². The van der Waals surface area contributed by atoms with Gasteiger partial charge in [0.1, 0.15) is 0 Å². The van der Waals surface area contributed by atoms with Crippen LogP contribution in [0.25, 0.3) is 11.1 Å². The Kier molecular flexibility index (Phi) is 4.88. The van der Waals surface area contributed by atoms with Gasteiger partial charge in [-0.05, 0) is 35.1 Å². The predicted octanol–water partition coefficient (Wildman–Crippen LogP) is 3.01. The third kappa shape index (κ3) is 2.62. The standard InChI is InChI=1S/C21H24N2O2/c1-3-13-22-19(24)21(20(25)23-14-4-2)17-11-7-5-9-15(17)16-10-6-8-12-18(16)21/h5-12H,3-4,13-14H2,1-2H3,(H,22,24)(H,23,25). The van der Waals surface area contributed by atoms with Crippen molar-refractivity contribution in [3.63, 3.8) is 0 Å². The Hall–Kier alpha value is -2.62. The van der Waals surface area contributed by atoms with Crippen molar-refractivity contribution >= 4 is 11.8 Å². The maximum Gasteiger partial charge on any atom is 0.244 e. The molecule has 0 aliphatic heterocycles. The molecule has 0 aromatic heterocycles. The molecule has 2 N–H and O–H groups in total. The Labute approximate surface area is 148 Å². The summed E-state index contributed by atoms with van der Waals surface area (Å²) < 4.78 is 0. The first-order chi connectivity index (χ1) is 12.2. The van der Waals surface area contributed by atoms with Gasteiger partial charge in [-0.3, -0.25) is 9.59 Å². The van der Waals surface area contributed by atoms with Gasteiger partial charge in [-0.2, -0.15) is 0 Å². The normalized spacial score (nSPS) is 13.7. The number of carbonyl (C=O) groups excluding carboxylic acids is 2. The van der Waals surface area contributed by atoms with Gasteiger partial charge in [0.05, 0.1) is 0 Å². The highest BCUT2D eigenvalue weighted by molar-refractivity contribution is 6.18. The molecule has 4 heteroatoms. The van der Waals surface area contributed by atoms with Crippen LogP contribution in [0.2, 0.25) is 0 Å². The van der Waals surface area contributed by atoms with Gasteiger partial charge in [-0.1, -0.05) is 62.4 Å². The summed E-state index contributed by atoms with van der Waals surface area (Å²) in [4.78, 5) is 26.6. The molecule has 1 aliphatic rings. The minimum atomic E-state index is -1.32. The van der Waals surface area contributed by atoms with Crippen LogP contribution in [0.3, 0.4) is 0 Å². The number of fused-ring (bicyclic) bond motifs is 3. The van der Waals surface area contributed by atoms with Gasteiger partial charge < -0.3 is 10.6 Å². The zero-order valence-electron chi connectivity index (χ0n) is 14.8. The van der Waals surface area contributed by atoms with Crippen molar-refractivity contribution in [2.24, 2.45) is 0 Å². The van der Waals surface area contributed by atoms with Crippen LogP contribution >= 0.6 is 0 Å². The summed E-state index contributed by atoms with van der Waals surface area (Å²) in [6.45, 7) is 5.10. The van der Waals surface area contributed by atoms with E-state index in [1.54, 1.807) is 0 Å². The summed E-state index contributed by atoms with van der Waals surface area (Å²) in [6.07, 6.45) is 1.64. The lowest BCUT2D eigenvalue weighted by Crippen LogP contribution is -2.54. The third-order valence-electron chi connectivity index (χ3n) is 4.70. The SMILES string of the molecule is CCCNC(=O)C1(C(=O)NCCC)c2ccccc2-c2ccccc21. The molecular formula is C21H24N2O2. The number of amides is 2. The van der Waals surface area contributed by atoms with Gasteiger partial charge in [0, 0.05) is 13.1 Å². The van der Waals surface area contributed by atoms with Crippen molar-refractivity contribution < 1.29 is 9.59 Å². The van der Waals surface area contributed by atoms with Crippen molar-refractivity contribution in [1.29, 1.82) is 0 Å². The van der Waals surface area contributed by atoms with Crippen molar-refractivity contribution in [3.8, 4) is 11.1 Å². The molecule has 0 radical (unpaired) electrons. The van der Waals surface area contributed by atoms with Gasteiger partial charge >= 0.3 is 0 Å². The molecule has 0 saturated heterocycles. The van der Waals surface area contributed by atoms with Crippen molar-refractivity contribution in [2.75, 3.05) is 13.1 Å². The fraction of sp³-hybridized carbons (Fsp3) is 0.333. The zero-order valence-corrected chi connectivity index (χ0v) is 14.8. The van der Waals surface area contributed by atoms with Crippen molar-refractivity contribution in [3.05, 3.63) is 59.7 Å². The first-order valence-electron chi connectivity index (χ1n) is 8.93. The average molecular weight is 336 g/mol. The topological polar surface area (TPSA) is 58.2 Å². The van der Waals surface area contributed by atoms with E-state index in [4.69, 9.17) is 0 Å². The number of hydrogen-bond donors (Lipinski definition) is 2. The highest BCUT2D eigenvalue weighted by atomic mass is 16.2. The molecule has 25 heavy (non-hydrogen) atoms. The molecule has 0 atom stereocenters. The second-order valence-corrected chi connectivity index (χ2v) is 6.35. The quantitative estimate of drug-likeness (QED) is 0.797. The summed E-state index contributed by atoms with van der Waals surface area (Å²) in [5.41, 5.74) is 2.11. The van der Waals surface area contributed by atoms with Gasteiger partial charge in [0.25, 0.3) is 0 Å². The summed E-state index contributed by atoms with van der Waals surface area (Å²) in [7, 11) is 0. The first kappa shape index (κ1) is 17.2. The Bertz CT molecular complexity index is 730. The van der Waals surface area contributed by atoms with Crippen LogP contribution in [0.1, 0.15) is 37.8 Å². The monoisotopic (exact) mass is 336 g/mol. The van der Waals surface area contributed by atoms with Crippen LogP contribution in [-0.4, -0.2) is 24.9 Å². The molecule has 0 unspecified atom stereocenters. The average Bonchev–Trinajstić information content (AvgIpc) is 2.96. The van der Waals surface area contributed by atoms with E-state index in [1.807, 2.05) is 62.4 Å². The minimum absolute atomic E-state index is 0.250. The lowest BCUT2D eigenvalue weighted by atomic mass is 9.76. The third-order valence-corrected chi connectivity index (χ3v) is 4.70. The molecular weight excluding hydrogens is 312 g/mol. The molecule has 2 amide bonds. The molecule has 2 aromatic carbocycles. The zero-order chi connectivity index (χ0) is 17.9. The van der Waals surface area contributed by atoms with E-state index in [1.165, 1.54) is 0 Å². The summed E-state index contributed by atoms with van der Waals surface area (Å²) in [5, 5.41) is 5.91. The van der Waals surface area contributed by atoms with Crippen LogP contribution in [-0.2, 0) is 15.0 Å². The number of nitrogens with one attached hydrogen (secondary N) is 2. The second-order valence-electron chi connectivity index (χ2n) is 6.35. The fourth-order valence-corrected chi connectivity index (χ4v) is 3.57. The maximum absolute atomic E-state index is 13.3. The predicted molar refractivity (Wildman–Crippen MR) is 99.3 cm³/mol. The van der Waals surface area contributed by atoms with Crippen LogP contribution in [0, 0.1) is 0 Å². The van der Waals surface area contributed by atoms with E-state index in [0.29, 0.717) is 13.1 Å². The molecule has 0 saturated carbocycles. The fourth-order valence-electron chi connectivity index (χ4n) is 3.57. The molecule has 4 nitrogen and oxygen atoms in total. The van der Waals surface area contributed by atoms with E-state index in [-0.39, 0.29) is 11.8 Å². The number of benzene rings is 2. The lowest BCUT2D eigenvalue weighted by Gasteiger charge is -2.29. The molecule has 2 aromatic rings. The van der Waals surface area contributed by atoms with E-state index < -0.39 is 5.41 Å². The van der Waals surface area contributed by atoms with Crippen LogP contribution in [0.4, 0.5) is 0 Å². The Morgan fingerprint density at radius 3 is 1.56 bits per heavy atom. The van der Waals surface area contributed by atoms with E-state index >= 15 is 0 Å². The van der Waals surface area contributed by atoms with E-state index in [9.17, 15) is 9.59 Å². The Morgan fingerprint density at radius 2 is 1.16 bits per heavy atom. The smallest absolute Gasteiger partial charge is 0.244 e. The molecule has 1 aliphatic carbocycles. The van der Waals surface area contributed by atoms with Crippen LogP contribution < -0.4 is 10.6 Å². The molecule has 130 valence electrons. The Morgan fingerprint density at radius 1 is 0.760 bits per heavy atom. The maximum atomic E-state index is 13.3. The first-order valence-corrected chi connectivity index (χ1v) is 8.93. The summed E-state index contributed by atoms with van der Waals surface area (Å²) >= 11 is 0.